The first-order valence-corrected chi connectivity index (χ1v) is 8.01. The van der Waals surface area contributed by atoms with Gasteiger partial charge in [0, 0.05) is 37.1 Å². The Bertz CT molecular complexity index is 863. The number of hydrogen-bond donors (Lipinski definition) is 1. The first-order chi connectivity index (χ1) is 11.5. The van der Waals surface area contributed by atoms with Gasteiger partial charge in [-0.05, 0) is 56.3 Å². The molecule has 0 fully saturated rings. The zero-order chi connectivity index (χ0) is 17.3. The molecule has 3 rings (SSSR count). The van der Waals surface area contributed by atoms with Gasteiger partial charge in [0.05, 0.1) is 17.4 Å². The highest BCUT2D eigenvalue weighted by atomic mass is 16.1. The maximum Gasteiger partial charge on any atom is 0.255 e. The number of nitrogens with one attached hydrogen (secondary N) is 1. The number of fused-ring (bicyclic) bond motifs is 1. The largest absolute Gasteiger partial charge is 0.378 e. The van der Waals surface area contributed by atoms with Crippen LogP contribution in [-0.4, -0.2) is 29.6 Å². The van der Waals surface area contributed by atoms with Gasteiger partial charge in [0.2, 0.25) is 0 Å². The molecule has 1 N–H and O–H groups in total. The third-order valence-corrected chi connectivity index (χ3v) is 4.03. The van der Waals surface area contributed by atoms with Gasteiger partial charge in [0.15, 0.2) is 0 Å². The minimum absolute atomic E-state index is 0.122. The molecule has 0 saturated heterocycles. The number of benzene rings is 2. The number of hydrogen-bond acceptors (Lipinski definition) is 3. The van der Waals surface area contributed by atoms with Crippen molar-refractivity contribution in [1.82, 2.24) is 9.55 Å². The topological polar surface area (TPSA) is 50.2 Å². The molecule has 5 nitrogen and oxygen atoms in total. The van der Waals surface area contributed by atoms with Crippen LogP contribution in [0.4, 0.5) is 11.4 Å². The van der Waals surface area contributed by atoms with Crippen LogP contribution in [0.15, 0.2) is 48.8 Å². The molecule has 0 bridgehead atoms. The van der Waals surface area contributed by atoms with Crippen LogP contribution in [0.2, 0.25) is 0 Å². The molecule has 1 aromatic heterocycles. The Morgan fingerprint density at radius 1 is 1.12 bits per heavy atom. The predicted molar refractivity (Wildman–Crippen MR) is 98.8 cm³/mol. The lowest BCUT2D eigenvalue weighted by Gasteiger charge is -2.12. The molecule has 2 aromatic carbocycles. The molecule has 24 heavy (non-hydrogen) atoms. The Balaban J connectivity index is 1.80. The van der Waals surface area contributed by atoms with Crippen LogP contribution < -0.4 is 10.2 Å². The van der Waals surface area contributed by atoms with Crippen molar-refractivity contribution in [3.05, 3.63) is 54.4 Å². The second-order valence-electron chi connectivity index (χ2n) is 6.34. The van der Waals surface area contributed by atoms with E-state index in [1.807, 2.05) is 67.8 Å². The smallest absolute Gasteiger partial charge is 0.255 e. The van der Waals surface area contributed by atoms with Gasteiger partial charge >= 0.3 is 0 Å². The maximum absolute atomic E-state index is 12.4. The molecule has 0 spiro atoms. The summed E-state index contributed by atoms with van der Waals surface area (Å²) in [4.78, 5) is 18.8. The molecule has 1 amide bonds. The first-order valence-electron chi connectivity index (χ1n) is 8.01. The lowest BCUT2D eigenvalue weighted by atomic mass is 10.1. The number of carbonyl (C=O) groups excluding carboxylic acids is 1. The monoisotopic (exact) mass is 322 g/mol. The molecule has 0 radical (unpaired) electrons. The normalized spacial score (nSPS) is 11.0. The van der Waals surface area contributed by atoms with Crippen LogP contribution in [0.1, 0.15) is 30.2 Å². The van der Waals surface area contributed by atoms with Gasteiger partial charge in [-0.2, -0.15) is 0 Å². The van der Waals surface area contributed by atoms with Crippen LogP contribution >= 0.6 is 0 Å². The molecule has 0 unspecified atom stereocenters. The molecule has 0 atom stereocenters. The Labute approximate surface area is 141 Å². The molecular weight excluding hydrogens is 300 g/mol. The Kier molecular flexibility index (Phi) is 4.25. The van der Waals surface area contributed by atoms with E-state index in [1.165, 1.54) is 0 Å². The van der Waals surface area contributed by atoms with Gasteiger partial charge < -0.3 is 14.8 Å². The Hall–Kier alpha value is -2.82. The Morgan fingerprint density at radius 3 is 2.46 bits per heavy atom. The molecule has 3 aromatic rings. The number of imidazole rings is 1. The lowest BCUT2D eigenvalue weighted by Crippen LogP contribution is -2.13. The van der Waals surface area contributed by atoms with Crippen molar-refractivity contribution in [1.29, 1.82) is 0 Å². The van der Waals surface area contributed by atoms with E-state index in [0.717, 1.165) is 22.4 Å². The summed E-state index contributed by atoms with van der Waals surface area (Å²) in [7, 11) is 3.95. The maximum atomic E-state index is 12.4. The zero-order valence-electron chi connectivity index (χ0n) is 14.4. The van der Waals surface area contributed by atoms with E-state index in [1.54, 1.807) is 0 Å². The van der Waals surface area contributed by atoms with E-state index in [4.69, 9.17) is 0 Å². The first kappa shape index (κ1) is 16.1. The van der Waals surface area contributed by atoms with Crippen molar-refractivity contribution in [2.45, 2.75) is 19.9 Å². The molecule has 0 saturated carbocycles. The predicted octanol–water partition coefficient (Wildman–Crippen LogP) is 3.94. The molecular formula is C19H22N4O. The minimum Gasteiger partial charge on any atom is -0.378 e. The fraction of sp³-hybridized carbons (Fsp3) is 0.263. The molecule has 5 heteroatoms. The second-order valence-corrected chi connectivity index (χ2v) is 6.34. The summed E-state index contributed by atoms with van der Waals surface area (Å²) in [5.41, 5.74) is 4.39. The number of carbonyl (C=O) groups is 1. The van der Waals surface area contributed by atoms with Gasteiger partial charge in [-0.25, -0.2) is 4.98 Å². The van der Waals surface area contributed by atoms with Crippen LogP contribution in [-0.2, 0) is 0 Å². The highest BCUT2D eigenvalue weighted by Gasteiger charge is 2.09. The summed E-state index contributed by atoms with van der Waals surface area (Å²) >= 11 is 0. The van der Waals surface area contributed by atoms with Crippen molar-refractivity contribution >= 4 is 28.3 Å². The quantitative estimate of drug-likeness (QED) is 0.791. The van der Waals surface area contributed by atoms with E-state index in [0.29, 0.717) is 11.6 Å². The van der Waals surface area contributed by atoms with E-state index in [9.17, 15) is 4.79 Å². The average molecular weight is 322 g/mol. The van der Waals surface area contributed by atoms with Crippen LogP contribution in [0.5, 0.6) is 0 Å². The van der Waals surface area contributed by atoms with Crippen molar-refractivity contribution < 1.29 is 4.79 Å². The fourth-order valence-electron chi connectivity index (χ4n) is 2.64. The summed E-state index contributed by atoms with van der Waals surface area (Å²) in [6, 6.07) is 13.7. The van der Waals surface area contributed by atoms with Gasteiger partial charge in [0.25, 0.3) is 5.91 Å². The molecule has 0 aliphatic heterocycles. The average Bonchev–Trinajstić information content (AvgIpc) is 2.98. The van der Waals surface area contributed by atoms with Gasteiger partial charge in [0.1, 0.15) is 0 Å². The highest BCUT2D eigenvalue weighted by Crippen LogP contribution is 2.22. The fourth-order valence-corrected chi connectivity index (χ4v) is 2.64. The van der Waals surface area contributed by atoms with E-state index < -0.39 is 0 Å². The standard InChI is InChI=1S/C19H22N4O/c1-13(2)23-12-20-17-11-15(7-10-18(17)23)21-19(24)14-5-8-16(9-6-14)22(3)4/h5-13H,1-4H3,(H,21,24). The second kappa shape index (κ2) is 6.35. The van der Waals surface area contributed by atoms with Gasteiger partial charge in [-0.3, -0.25) is 4.79 Å². The summed E-state index contributed by atoms with van der Waals surface area (Å²) in [6.07, 6.45) is 1.83. The Morgan fingerprint density at radius 2 is 1.83 bits per heavy atom. The van der Waals surface area contributed by atoms with Crippen LogP contribution in [0.3, 0.4) is 0 Å². The number of rotatable bonds is 4. The summed E-state index contributed by atoms with van der Waals surface area (Å²) in [5, 5.41) is 2.94. The third-order valence-electron chi connectivity index (χ3n) is 4.03. The molecule has 124 valence electrons. The van der Waals surface area contributed by atoms with Crippen molar-refractivity contribution in [2.75, 3.05) is 24.3 Å². The van der Waals surface area contributed by atoms with Gasteiger partial charge in [-0.15, -0.1) is 0 Å². The minimum atomic E-state index is -0.122. The van der Waals surface area contributed by atoms with E-state index in [-0.39, 0.29) is 5.91 Å². The number of anilines is 2. The molecule has 1 heterocycles. The lowest BCUT2D eigenvalue weighted by molar-refractivity contribution is 0.102. The summed E-state index contributed by atoms with van der Waals surface area (Å²) < 4.78 is 2.11. The number of nitrogens with zero attached hydrogens (tertiary/aromatic N) is 3. The van der Waals surface area contributed by atoms with E-state index >= 15 is 0 Å². The van der Waals surface area contributed by atoms with Crippen LogP contribution in [0, 0.1) is 0 Å². The van der Waals surface area contributed by atoms with Gasteiger partial charge in [-0.1, -0.05) is 0 Å². The summed E-state index contributed by atoms with van der Waals surface area (Å²) in [6.45, 7) is 4.24. The van der Waals surface area contributed by atoms with Crippen molar-refractivity contribution in [3.63, 3.8) is 0 Å². The molecule has 0 aliphatic carbocycles. The SMILES string of the molecule is CC(C)n1cnc2cc(NC(=O)c3ccc(N(C)C)cc3)ccc21. The highest BCUT2D eigenvalue weighted by molar-refractivity contribution is 6.05. The summed E-state index contributed by atoms with van der Waals surface area (Å²) in [5.74, 6) is -0.122. The third kappa shape index (κ3) is 3.11. The molecule has 0 aliphatic rings. The van der Waals surface area contributed by atoms with Crippen molar-refractivity contribution in [2.24, 2.45) is 0 Å². The van der Waals surface area contributed by atoms with Crippen LogP contribution in [0.25, 0.3) is 11.0 Å². The van der Waals surface area contributed by atoms with Crippen molar-refractivity contribution in [3.8, 4) is 0 Å². The zero-order valence-corrected chi connectivity index (χ0v) is 14.4. The van der Waals surface area contributed by atoms with E-state index in [2.05, 4.69) is 28.7 Å². The number of aromatic nitrogens is 2. The number of amides is 1.